The summed E-state index contributed by atoms with van der Waals surface area (Å²) in [6.45, 7) is 5.64. The highest BCUT2D eigenvalue weighted by Gasteiger charge is 2.22. The van der Waals surface area contributed by atoms with Gasteiger partial charge < -0.3 is 0 Å². The van der Waals surface area contributed by atoms with Crippen LogP contribution in [0.15, 0.2) is 39.9 Å². The quantitative estimate of drug-likeness (QED) is 0.821. The van der Waals surface area contributed by atoms with Crippen molar-refractivity contribution in [1.82, 2.24) is 14.8 Å². The first-order valence-electron chi connectivity index (χ1n) is 5.69. The molecule has 2 aromatic rings. The van der Waals surface area contributed by atoms with Gasteiger partial charge in [0.2, 0.25) is 0 Å². The molecule has 1 aromatic carbocycles. The predicted molar refractivity (Wildman–Crippen MR) is 69.2 cm³/mol. The van der Waals surface area contributed by atoms with Crippen molar-refractivity contribution in [2.75, 3.05) is 0 Å². The van der Waals surface area contributed by atoms with E-state index in [1.165, 1.54) is 0 Å². The second-order valence-electron chi connectivity index (χ2n) is 5.10. The monoisotopic (exact) mass is 245 g/mol. The fourth-order valence-electron chi connectivity index (χ4n) is 1.70. The van der Waals surface area contributed by atoms with E-state index < -0.39 is 11.1 Å². The first kappa shape index (κ1) is 12.3. The van der Waals surface area contributed by atoms with Crippen LogP contribution in [0, 0.1) is 0 Å². The van der Waals surface area contributed by atoms with Crippen molar-refractivity contribution in [3.05, 3.63) is 56.9 Å². The molecule has 0 saturated heterocycles. The molecule has 0 aliphatic rings. The normalized spacial score (nSPS) is 11.5. The number of aromatic nitrogens is 3. The minimum absolute atomic E-state index is 0.339. The molecule has 0 amide bonds. The van der Waals surface area contributed by atoms with Gasteiger partial charge in [-0.25, -0.2) is 14.5 Å². The third kappa shape index (κ3) is 2.11. The Morgan fingerprint density at radius 1 is 1.11 bits per heavy atom. The van der Waals surface area contributed by atoms with E-state index in [-0.39, 0.29) is 5.56 Å². The lowest BCUT2D eigenvalue weighted by Crippen LogP contribution is -2.40. The van der Waals surface area contributed by atoms with Crippen molar-refractivity contribution in [1.29, 1.82) is 0 Å². The molecule has 0 unspecified atom stereocenters. The third-order valence-electron chi connectivity index (χ3n) is 2.60. The molecule has 1 aromatic heterocycles. The van der Waals surface area contributed by atoms with Crippen LogP contribution in [0.3, 0.4) is 0 Å². The number of hydrogen-bond acceptors (Lipinski definition) is 3. The summed E-state index contributed by atoms with van der Waals surface area (Å²) < 4.78 is 1.10. The zero-order valence-electron chi connectivity index (χ0n) is 10.6. The lowest BCUT2D eigenvalue weighted by atomic mass is 9.92. The molecule has 0 aliphatic carbocycles. The standard InChI is InChI=1S/C13H15N3O2/c1-13(2,3)10-11(17)16(12(18)15-14-10)9-7-5-4-6-8-9/h4-8H,1-3H3,(H,15,18). The molecule has 0 spiro atoms. The molecule has 0 atom stereocenters. The van der Waals surface area contributed by atoms with Gasteiger partial charge in [0.1, 0.15) is 5.69 Å². The van der Waals surface area contributed by atoms with E-state index in [0.717, 1.165) is 4.57 Å². The molecule has 18 heavy (non-hydrogen) atoms. The Labute approximate surface area is 104 Å². The summed E-state index contributed by atoms with van der Waals surface area (Å²) in [5.41, 5.74) is -0.447. The molecule has 0 radical (unpaired) electrons. The van der Waals surface area contributed by atoms with Crippen LogP contribution >= 0.6 is 0 Å². The number of nitrogens with one attached hydrogen (secondary N) is 1. The van der Waals surface area contributed by atoms with E-state index >= 15 is 0 Å². The Bertz CT molecular complexity index is 663. The maximum absolute atomic E-state index is 12.3. The summed E-state index contributed by atoms with van der Waals surface area (Å²) >= 11 is 0. The van der Waals surface area contributed by atoms with E-state index in [4.69, 9.17) is 0 Å². The minimum atomic E-state index is -0.529. The first-order chi connectivity index (χ1) is 8.41. The summed E-state index contributed by atoms with van der Waals surface area (Å²) in [7, 11) is 0. The smallest absolute Gasteiger partial charge is 0.267 e. The summed E-state index contributed by atoms with van der Waals surface area (Å²) in [6.07, 6.45) is 0. The lowest BCUT2D eigenvalue weighted by Gasteiger charge is -2.16. The van der Waals surface area contributed by atoms with Crippen LogP contribution in [0.4, 0.5) is 0 Å². The molecule has 0 saturated carbocycles. The molecule has 1 heterocycles. The zero-order valence-corrected chi connectivity index (χ0v) is 10.6. The van der Waals surface area contributed by atoms with Crippen molar-refractivity contribution in [3.8, 4) is 5.69 Å². The average Bonchev–Trinajstić information content (AvgIpc) is 2.28. The van der Waals surface area contributed by atoms with E-state index in [1.807, 2.05) is 26.8 Å². The number of nitrogens with zero attached hydrogens (tertiary/aromatic N) is 2. The Hall–Kier alpha value is -2.17. The number of H-pyrrole nitrogens is 1. The molecule has 5 nitrogen and oxygen atoms in total. The second kappa shape index (κ2) is 4.25. The van der Waals surface area contributed by atoms with Crippen molar-refractivity contribution in [3.63, 3.8) is 0 Å². The molecule has 0 aliphatic heterocycles. The van der Waals surface area contributed by atoms with Crippen LogP contribution in [0.2, 0.25) is 0 Å². The highest BCUT2D eigenvalue weighted by molar-refractivity contribution is 5.31. The summed E-state index contributed by atoms with van der Waals surface area (Å²) in [5, 5.41) is 6.24. The van der Waals surface area contributed by atoms with Crippen LogP contribution in [0.5, 0.6) is 0 Å². The summed E-state index contributed by atoms with van der Waals surface area (Å²) in [4.78, 5) is 24.1. The Morgan fingerprint density at radius 3 is 2.28 bits per heavy atom. The molecule has 94 valence electrons. The lowest BCUT2D eigenvalue weighted by molar-refractivity contribution is 0.534. The van der Waals surface area contributed by atoms with Gasteiger partial charge >= 0.3 is 5.69 Å². The van der Waals surface area contributed by atoms with Crippen LogP contribution in [-0.4, -0.2) is 14.8 Å². The number of para-hydroxylation sites is 1. The van der Waals surface area contributed by atoms with Crippen molar-refractivity contribution < 1.29 is 0 Å². The van der Waals surface area contributed by atoms with Crippen LogP contribution in [0.25, 0.3) is 5.69 Å². The Morgan fingerprint density at radius 2 is 1.72 bits per heavy atom. The van der Waals surface area contributed by atoms with Crippen LogP contribution in [0.1, 0.15) is 26.5 Å². The van der Waals surface area contributed by atoms with Gasteiger partial charge in [0.15, 0.2) is 0 Å². The topological polar surface area (TPSA) is 67.8 Å². The van der Waals surface area contributed by atoms with Crippen molar-refractivity contribution in [2.24, 2.45) is 0 Å². The maximum atomic E-state index is 12.3. The van der Waals surface area contributed by atoms with Crippen LogP contribution < -0.4 is 11.2 Å². The predicted octanol–water partition coefficient (Wildman–Crippen LogP) is 1.22. The fraction of sp³-hybridized carbons (Fsp3) is 0.308. The summed E-state index contributed by atoms with van der Waals surface area (Å²) in [6, 6.07) is 8.80. The number of aromatic amines is 1. The van der Waals surface area contributed by atoms with E-state index in [9.17, 15) is 9.59 Å². The SMILES string of the molecule is CC(C)(C)c1n[nH]c(=O)n(-c2ccccc2)c1=O. The Kier molecular flexibility index (Phi) is 2.90. The first-order valence-corrected chi connectivity index (χ1v) is 5.69. The molecule has 0 bridgehead atoms. The molecular formula is C13H15N3O2. The van der Waals surface area contributed by atoms with Crippen molar-refractivity contribution >= 4 is 0 Å². The number of benzene rings is 1. The van der Waals surface area contributed by atoms with Gasteiger partial charge in [0.25, 0.3) is 5.56 Å². The van der Waals surface area contributed by atoms with Gasteiger partial charge in [-0.15, -0.1) is 0 Å². The second-order valence-corrected chi connectivity index (χ2v) is 5.10. The molecule has 5 heteroatoms. The van der Waals surface area contributed by atoms with Gasteiger partial charge in [-0.3, -0.25) is 4.79 Å². The Balaban J connectivity index is 2.77. The largest absolute Gasteiger partial charge is 0.349 e. The maximum Gasteiger partial charge on any atom is 0.349 e. The van der Waals surface area contributed by atoms with E-state index in [1.54, 1.807) is 24.3 Å². The van der Waals surface area contributed by atoms with E-state index in [2.05, 4.69) is 10.2 Å². The summed E-state index contributed by atoms with van der Waals surface area (Å²) in [5.74, 6) is 0. The van der Waals surface area contributed by atoms with Gasteiger partial charge in [-0.2, -0.15) is 5.10 Å². The average molecular weight is 245 g/mol. The highest BCUT2D eigenvalue weighted by Crippen LogP contribution is 2.15. The number of rotatable bonds is 1. The van der Waals surface area contributed by atoms with Gasteiger partial charge in [-0.05, 0) is 12.1 Å². The molecule has 1 N–H and O–H groups in total. The zero-order chi connectivity index (χ0) is 13.3. The van der Waals surface area contributed by atoms with Crippen LogP contribution in [-0.2, 0) is 5.41 Å². The minimum Gasteiger partial charge on any atom is -0.267 e. The van der Waals surface area contributed by atoms with Gasteiger partial charge in [0, 0.05) is 5.41 Å². The highest BCUT2D eigenvalue weighted by atomic mass is 16.2. The number of hydrogen-bond donors (Lipinski definition) is 1. The van der Waals surface area contributed by atoms with Crippen molar-refractivity contribution in [2.45, 2.75) is 26.2 Å². The fourth-order valence-corrected chi connectivity index (χ4v) is 1.70. The molecule has 0 fully saturated rings. The van der Waals surface area contributed by atoms with E-state index in [0.29, 0.717) is 11.4 Å². The molecule has 2 rings (SSSR count). The van der Waals surface area contributed by atoms with Gasteiger partial charge in [-0.1, -0.05) is 39.0 Å². The third-order valence-corrected chi connectivity index (χ3v) is 2.60. The molecular weight excluding hydrogens is 230 g/mol. The van der Waals surface area contributed by atoms with Gasteiger partial charge in [0.05, 0.1) is 5.69 Å².